The molecule has 0 bridgehead atoms. The van der Waals surface area contributed by atoms with Crippen molar-refractivity contribution >= 4 is 27.4 Å². The van der Waals surface area contributed by atoms with Crippen molar-refractivity contribution < 1.29 is 13.6 Å². The number of carbonyl (C=O) groups excluding carboxylic acids is 1. The van der Waals surface area contributed by atoms with Crippen molar-refractivity contribution in [1.82, 2.24) is 0 Å². The van der Waals surface area contributed by atoms with Gasteiger partial charge in [-0.3, -0.25) is 4.79 Å². The highest BCUT2D eigenvalue weighted by atomic mass is 79.9. The highest BCUT2D eigenvalue weighted by Gasteiger charge is 2.17. The zero-order chi connectivity index (χ0) is 15.6. The second-order valence-electron chi connectivity index (χ2n) is 4.86. The average molecular weight is 354 g/mol. The van der Waals surface area contributed by atoms with Crippen LogP contribution >= 0.6 is 15.9 Å². The number of carbonyl (C=O) groups is 1. The molecular weight excluding hydrogens is 340 g/mol. The molecule has 0 spiro atoms. The van der Waals surface area contributed by atoms with Gasteiger partial charge >= 0.3 is 0 Å². The molecule has 0 atom stereocenters. The summed E-state index contributed by atoms with van der Waals surface area (Å²) in [4.78, 5) is 14.1. The first kappa shape index (κ1) is 15.6. The molecule has 0 radical (unpaired) electrons. The summed E-state index contributed by atoms with van der Waals surface area (Å²) >= 11 is 2.99. The van der Waals surface area contributed by atoms with E-state index in [0.717, 1.165) is 11.8 Å². The van der Waals surface area contributed by atoms with Crippen molar-refractivity contribution in [3.8, 4) is 0 Å². The molecule has 0 aliphatic heterocycles. The molecule has 0 amide bonds. The van der Waals surface area contributed by atoms with E-state index in [4.69, 9.17) is 0 Å². The number of anilines is 1. The normalized spacial score (nSPS) is 10.5. The van der Waals surface area contributed by atoms with Gasteiger partial charge in [0.1, 0.15) is 11.6 Å². The molecule has 0 aromatic heterocycles. The molecule has 0 N–H and O–H groups in total. The van der Waals surface area contributed by atoms with Gasteiger partial charge < -0.3 is 4.90 Å². The predicted octanol–water partition coefficient (Wildman–Crippen LogP) is 4.22. The Morgan fingerprint density at radius 1 is 1.10 bits per heavy atom. The van der Waals surface area contributed by atoms with Crippen LogP contribution in [0.5, 0.6) is 0 Å². The molecule has 2 rings (SSSR count). The Bertz CT molecular complexity index is 669. The fourth-order valence-electron chi connectivity index (χ4n) is 1.94. The SMILES string of the molecule is CN(C)c1ccc(C(=O)Cc2c(F)ccc(Br)c2F)cc1. The summed E-state index contributed by atoms with van der Waals surface area (Å²) in [6.45, 7) is 0. The number of Topliss-reactive ketones (excluding diaryl/α,β-unsaturated/α-hetero) is 1. The lowest BCUT2D eigenvalue weighted by Crippen LogP contribution is -2.10. The summed E-state index contributed by atoms with van der Waals surface area (Å²) in [5, 5.41) is 0. The van der Waals surface area contributed by atoms with Gasteiger partial charge in [0, 0.05) is 37.3 Å². The minimum absolute atomic E-state index is 0.148. The van der Waals surface area contributed by atoms with E-state index < -0.39 is 11.6 Å². The Morgan fingerprint density at radius 3 is 2.29 bits per heavy atom. The highest BCUT2D eigenvalue weighted by Crippen LogP contribution is 2.23. The van der Waals surface area contributed by atoms with Crippen molar-refractivity contribution in [1.29, 1.82) is 0 Å². The van der Waals surface area contributed by atoms with E-state index >= 15 is 0 Å². The Labute approximate surface area is 130 Å². The number of rotatable bonds is 4. The standard InChI is InChI=1S/C16H14BrF2NO/c1-20(2)11-5-3-10(4-6-11)15(21)9-12-14(18)8-7-13(17)16(12)19/h3-8H,9H2,1-2H3. The summed E-state index contributed by atoms with van der Waals surface area (Å²) in [6.07, 6.45) is -0.307. The summed E-state index contributed by atoms with van der Waals surface area (Å²) < 4.78 is 27.7. The van der Waals surface area contributed by atoms with Crippen LogP contribution in [-0.2, 0) is 6.42 Å². The maximum Gasteiger partial charge on any atom is 0.167 e. The van der Waals surface area contributed by atoms with Crippen LogP contribution in [0, 0.1) is 11.6 Å². The number of hydrogen-bond donors (Lipinski definition) is 0. The molecule has 0 saturated heterocycles. The van der Waals surface area contributed by atoms with Gasteiger partial charge in [-0.2, -0.15) is 0 Å². The summed E-state index contributed by atoms with van der Waals surface area (Å²) in [5.41, 5.74) is 1.16. The lowest BCUT2D eigenvalue weighted by atomic mass is 10.0. The fourth-order valence-corrected chi connectivity index (χ4v) is 2.31. The molecule has 0 unspecified atom stereocenters. The third-order valence-electron chi connectivity index (χ3n) is 3.18. The number of nitrogens with zero attached hydrogens (tertiary/aromatic N) is 1. The van der Waals surface area contributed by atoms with Crippen LogP contribution in [0.1, 0.15) is 15.9 Å². The Kier molecular flexibility index (Phi) is 4.73. The molecule has 5 heteroatoms. The molecule has 110 valence electrons. The van der Waals surface area contributed by atoms with Gasteiger partial charge in [0.05, 0.1) is 4.47 Å². The third kappa shape index (κ3) is 3.47. The van der Waals surface area contributed by atoms with Gasteiger partial charge in [-0.1, -0.05) is 0 Å². The van der Waals surface area contributed by atoms with Gasteiger partial charge in [-0.15, -0.1) is 0 Å². The van der Waals surface area contributed by atoms with E-state index in [1.807, 2.05) is 19.0 Å². The van der Waals surface area contributed by atoms with Crippen LogP contribution < -0.4 is 4.90 Å². The minimum atomic E-state index is -0.728. The van der Waals surface area contributed by atoms with E-state index in [1.54, 1.807) is 24.3 Å². The second kappa shape index (κ2) is 6.35. The molecule has 2 nitrogen and oxygen atoms in total. The first-order chi connectivity index (χ1) is 9.90. The zero-order valence-electron chi connectivity index (χ0n) is 11.7. The molecular formula is C16H14BrF2NO. The number of benzene rings is 2. The second-order valence-corrected chi connectivity index (χ2v) is 5.72. The average Bonchev–Trinajstić information content (AvgIpc) is 2.47. The van der Waals surface area contributed by atoms with Gasteiger partial charge in [0.15, 0.2) is 5.78 Å². The third-order valence-corrected chi connectivity index (χ3v) is 3.79. The van der Waals surface area contributed by atoms with Gasteiger partial charge in [-0.05, 0) is 52.3 Å². The first-order valence-corrected chi connectivity index (χ1v) is 7.12. The Balaban J connectivity index is 2.24. The van der Waals surface area contributed by atoms with E-state index in [1.165, 1.54) is 6.07 Å². The predicted molar refractivity (Wildman–Crippen MR) is 82.9 cm³/mol. The van der Waals surface area contributed by atoms with E-state index in [2.05, 4.69) is 15.9 Å². The van der Waals surface area contributed by atoms with Crippen LogP contribution in [0.15, 0.2) is 40.9 Å². The molecule has 0 aliphatic carbocycles. The summed E-state index contributed by atoms with van der Waals surface area (Å²) in [6, 6.07) is 9.33. The molecule has 0 aliphatic rings. The van der Waals surface area contributed by atoms with E-state index in [0.29, 0.717) is 5.56 Å². The zero-order valence-corrected chi connectivity index (χ0v) is 13.2. The quantitative estimate of drug-likeness (QED) is 0.605. The lowest BCUT2D eigenvalue weighted by Gasteiger charge is -2.12. The number of ketones is 1. The van der Waals surface area contributed by atoms with Crippen LogP contribution in [0.4, 0.5) is 14.5 Å². The van der Waals surface area contributed by atoms with E-state index in [-0.39, 0.29) is 22.2 Å². The molecule has 2 aromatic carbocycles. The molecule has 0 heterocycles. The molecule has 0 fully saturated rings. The van der Waals surface area contributed by atoms with E-state index in [9.17, 15) is 13.6 Å². The van der Waals surface area contributed by atoms with Crippen molar-refractivity contribution in [2.45, 2.75) is 6.42 Å². The van der Waals surface area contributed by atoms with Crippen molar-refractivity contribution in [3.63, 3.8) is 0 Å². The smallest absolute Gasteiger partial charge is 0.167 e. The topological polar surface area (TPSA) is 20.3 Å². The maximum absolute atomic E-state index is 13.9. The van der Waals surface area contributed by atoms with Gasteiger partial charge in [0.25, 0.3) is 0 Å². The Hall–Kier alpha value is -1.75. The van der Waals surface area contributed by atoms with Crippen LogP contribution in [0.2, 0.25) is 0 Å². The van der Waals surface area contributed by atoms with Gasteiger partial charge in [-0.25, -0.2) is 8.78 Å². The van der Waals surface area contributed by atoms with Crippen LogP contribution in [-0.4, -0.2) is 19.9 Å². The molecule has 0 saturated carbocycles. The fraction of sp³-hybridized carbons (Fsp3) is 0.188. The number of halogens is 3. The maximum atomic E-state index is 13.9. The lowest BCUT2D eigenvalue weighted by molar-refractivity contribution is 0.0990. The van der Waals surface area contributed by atoms with Crippen molar-refractivity contribution in [2.75, 3.05) is 19.0 Å². The van der Waals surface area contributed by atoms with Crippen molar-refractivity contribution in [2.24, 2.45) is 0 Å². The van der Waals surface area contributed by atoms with Gasteiger partial charge in [0.2, 0.25) is 0 Å². The monoisotopic (exact) mass is 353 g/mol. The van der Waals surface area contributed by atoms with Crippen LogP contribution in [0.25, 0.3) is 0 Å². The van der Waals surface area contributed by atoms with Crippen molar-refractivity contribution in [3.05, 3.63) is 63.6 Å². The minimum Gasteiger partial charge on any atom is -0.378 e. The largest absolute Gasteiger partial charge is 0.378 e. The summed E-state index contributed by atoms with van der Waals surface area (Å²) in [7, 11) is 3.78. The number of hydrogen-bond acceptors (Lipinski definition) is 2. The Morgan fingerprint density at radius 2 is 1.71 bits per heavy atom. The molecule has 2 aromatic rings. The van der Waals surface area contributed by atoms with Crippen LogP contribution in [0.3, 0.4) is 0 Å². The molecule has 21 heavy (non-hydrogen) atoms. The summed E-state index contributed by atoms with van der Waals surface area (Å²) in [5.74, 6) is -1.77. The highest BCUT2D eigenvalue weighted by molar-refractivity contribution is 9.10. The first-order valence-electron chi connectivity index (χ1n) is 6.33.